The number of amides is 1. The molecule has 26 heavy (non-hydrogen) atoms. The number of fused-ring (bicyclic) bond motifs is 1. The van der Waals surface area contributed by atoms with Gasteiger partial charge in [0.25, 0.3) is 5.56 Å². The molecule has 1 aromatic carbocycles. The molecule has 1 aliphatic carbocycles. The molecule has 4 rings (SSSR count). The van der Waals surface area contributed by atoms with Crippen LogP contribution in [0, 0.1) is 6.92 Å². The lowest BCUT2D eigenvalue weighted by Crippen LogP contribution is -2.35. The van der Waals surface area contributed by atoms with Crippen LogP contribution in [0.2, 0.25) is 0 Å². The van der Waals surface area contributed by atoms with Gasteiger partial charge in [-0.05, 0) is 50.1 Å². The van der Waals surface area contributed by atoms with Gasteiger partial charge < -0.3 is 10.1 Å². The number of aryl methyl sites for hydroxylation is 1. The zero-order valence-corrected chi connectivity index (χ0v) is 14.6. The second-order valence-corrected chi connectivity index (χ2v) is 6.41. The number of benzene rings is 1. The lowest BCUT2D eigenvalue weighted by Gasteiger charge is -2.07. The van der Waals surface area contributed by atoms with Gasteiger partial charge in [-0.1, -0.05) is 0 Å². The fourth-order valence-corrected chi connectivity index (χ4v) is 2.82. The SMILES string of the molecule is COc1ccc(-c2cc3c(=O)n(CC(=O)NC4CC4)nc(C)n3n2)cc1. The Balaban J connectivity index is 1.70. The van der Waals surface area contributed by atoms with Gasteiger partial charge >= 0.3 is 0 Å². The summed E-state index contributed by atoms with van der Waals surface area (Å²) in [6.07, 6.45) is 2.00. The number of rotatable bonds is 5. The zero-order valence-electron chi connectivity index (χ0n) is 14.6. The van der Waals surface area contributed by atoms with Crippen molar-refractivity contribution in [2.45, 2.75) is 32.4 Å². The zero-order chi connectivity index (χ0) is 18.3. The maximum Gasteiger partial charge on any atom is 0.293 e. The molecule has 0 unspecified atom stereocenters. The molecule has 0 saturated heterocycles. The Kier molecular flexibility index (Phi) is 3.95. The molecule has 0 bridgehead atoms. The van der Waals surface area contributed by atoms with Gasteiger partial charge in [0.15, 0.2) is 0 Å². The highest BCUT2D eigenvalue weighted by Crippen LogP contribution is 2.22. The van der Waals surface area contributed by atoms with Crippen molar-refractivity contribution in [1.82, 2.24) is 24.7 Å². The number of hydrogen-bond acceptors (Lipinski definition) is 5. The third-order valence-corrected chi connectivity index (χ3v) is 4.36. The van der Waals surface area contributed by atoms with E-state index in [-0.39, 0.29) is 24.1 Å². The van der Waals surface area contributed by atoms with Gasteiger partial charge in [-0.3, -0.25) is 9.59 Å². The number of methoxy groups -OCH3 is 1. The molecule has 0 atom stereocenters. The number of ether oxygens (including phenoxy) is 1. The van der Waals surface area contributed by atoms with Crippen molar-refractivity contribution in [3.63, 3.8) is 0 Å². The Morgan fingerprint density at radius 2 is 2.00 bits per heavy atom. The van der Waals surface area contributed by atoms with E-state index in [0.717, 1.165) is 24.2 Å². The quantitative estimate of drug-likeness (QED) is 0.743. The van der Waals surface area contributed by atoms with Gasteiger partial charge in [0.2, 0.25) is 5.91 Å². The summed E-state index contributed by atoms with van der Waals surface area (Å²) < 4.78 is 7.87. The molecule has 0 spiro atoms. The van der Waals surface area contributed by atoms with Gasteiger partial charge in [0.1, 0.15) is 23.6 Å². The second-order valence-electron chi connectivity index (χ2n) is 6.41. The first kappa shape index (κ1) is 16.3. The molecule has 8 nitrogen and oxygen atoms in total. The molecule has 1 fully saturated rings. The van der Waals surface area contributed by atoms with E-state index in [4.69, 9.17) is 4.74 Å². The lowest BCUT2D eigenvalue weighted by atomic mass is 10.1. The largest absolute Gasteiger partial charge is 0.497 e. The van der Waals surface area contributed by atoms with E-state index in [2.05, 4.69) is 15.5 Å². The van der Waals surface area contributed by atoms with E-state index in [9.17, 15) is 9.59 Å². The standard InChI is InChI=1S/C18H19N5O3/c1-11-20-22(10-17(24)19-13-5-6-13)18(25)16-9-15(21-23(11)16)12-3-7-14(26-2)8-4-12/h3-4,7-9,13H,5-6,10H2,1-2H3,(H,19,24). The normalized spacial score (nSPS) is 13.8. The molecule has 1 saturated carbocycles. The lowest BCUT2D eigenvalue weighted by molar-refractivity contribution is -0.122. The summed E-state index contributed by atoms with van der Waals surface area (Å²) in [5.74, 6) is 1.10. The molecule has 0 radical (unpaired) electrons. The summed E-state index contributed by atoms with van der Waals surface area (Å²) in [6, 6.07) is 9.40. The molecule has 2 heterocycles. The Morgan fingerprint density at radius 1 is 1.27 bits per heavy atom. The van der Waals surface area contributed by atoms with Crippen LogP contribution in [0.3, 0.4) is 0 Å². The Labute approximate surface area is 149 Å². The van der Waals surface area contributed by atoms with E-state index in [1.54, 1.807) is 20.1 Å². The average molecular weight is 353 g/mol. The predicted octanol–water partition coefficient (Wildman–Crippen LogP) is 1.15. The Hall–Kier alpha value is -3.16. The first-order chi connectivity index (χ1) is 12.5. The summed E-state index contributed by atoms with van der Waals surface area (Å²) >= 11 is 0. The fraction of sp³-hybridized carbons (Fsp3) is 0.333. The number of nitrogens with one attached hydrogen (secondary N) is 1. The highest BCUT2D eigenvalue weighted by atomic mass is 16.5. The van der Waals surface area contributed by atoms with Crippen molar-refractivity contribution in [1.29, 1.82) is 0 Å². The monoisotopic (exact) mass is 353 g/mol. The molecule has 0 aliphatic heterocycles. The fourth-order valence-electron chi connectivity index (χ4n) is 2.82. The van der Waals surface area contributed by atoms with Crippen molar-refractivity contribution in [3.05, 3.63) is 46.5 Å². The maximum absolute atomic E-state index is 12.7. The summed E-state index contributed by atoms with van der Waals surface area (Å²) in [6.45, 7) is 1.67. The van der Waals surface area contributed by atoms with Crippen LogP contribution in [-0.2, 0) is 11.3 Å². The number of carbonyl (C=O) groups is 1. The van der Waals surface area contributed by atoms with Gasteiger partial charge in [-0.15, -0.1) is 0 Å². The molecule has 1 N–H and O–H groups in total. The summed E-state index contributed by atoms with van der Waals surface area (Å²) in [5, 5.41) is 11.6. The highest BCUT2D eigenvalue weighted by Gasteiger charge is 2.24. The van der Waals surface area contributed by atoms with E-state index in [1.165, 1.54) is 9.20 Å². The van der Waals surface area contributed by atoms with Crippen molar-refractivity contribution in [3.8, 4) is 17.0 Å². The first-order valence-corrected chi connectivity index (χ1v) is 8.46. The van der Waals surface area contributed by atoms with Crippen LogP contribution in [0.4, 0.5) is 0 Å². The van der Waals surface area contributed by atoms with Crippen LogP contribution < -0.4 is 15.6 Å². The Bertz CT molecular complexity index is 1030. The van der Waals surface area contributed by atoms with Crippen LogP contribution in [0.1, 0.15) is 18.7 Å². The number of hydrogen-bond donors (Lipinski definition) is 1. The molecular formula is C18H19N5O3. The number of aromatic nitrogens is 4. The number of nitrogens with zero attached hydrogens (tertiary/aromatic N) is 4. The predicted molar refractivity (Wildman–Crippen MR) is 95.1 cm³/mol. The highest BCUT2D eigenvalue weighted by molar-refractivity contribution is 5.76. The van der Waals surface area contributed by atoms with Crippen LogP contribution in [-0.4, -0.2) is 38.5 Å². The van der Waals surface area contributed by atoms with Gasteiger partial charge in [-0.25, -0.2) is 9.20 Å². The molecule has 3 aromatic rings. The molecular weight excluding hydrogens is 334 g/mol. The molecule has 2 aromatic heterocycles. The van der Waals surface area contributed by atoms with Crippen LogP contribution >= 0.6 is 0 Å². The summed E-state index contributed by atoms with van der Waals surface area (Å²) in [7, 11) is 1.61. The van der Waals surface area contributed by atoms with Crippen molar-refractivity contribution >= 4 is 11.4 Å². The minimum absolute atomic E-state index is 0.0876. The number of carbonyl (C=O) groups excluding carboxylic acids is 1. The van der Waals surface area contributed by atoms with Gasteiger partial charge in [-0.2, -0.15) is 10.2 Å². The van der Waals surface area contributed by atoms with Gasteiger partial charge in [0, 0.05) is 11.6 Å². The molecule has 1 aliphatic rings. The van der Waals surface area contributed by atoms with E-state index in [1.807, 2.05) is 24.3 Å². The second kappa shape index (κ2) is 6.29. The third kappa shape index (κ3) is 3.05. The van der Waals surface area contributed by atoms with E-state index < -0.39 is 0 Å². The van der Waals surface area contributed by atoms with Crippen molar-refractivity contribution in [2.75, 3.05) is 7.11 Å². The molecule has 8 heteroatoms. The molecule has 1 amide bonds. The van der Waals surface area contributed by atoms with Gasteiger partial charge in [0.05, 0.1) is 12.8 Å². The Morgan fingerprint density at radius 3 is 2.65 bits per heavy atom. The topological polar surface area (TPSA) is 90.5 Å². The van der Waals surface area contributed by atoms with Crippen molar-refractivity contribution < 1.29 is 9.53 Å². The minimum atomic E-state index is -0.339. The van der Waals surface area contributed by atoms with Crippen LogP contribution in [0.5, 0.6) is 5.75 Å². The molecule has 134 valence electrons. The first-order valence-electron chi connectivity index (χ1n) is 8.46. The van der Waals surface area contributed by atoms with Crippen LogP contribution in [0.15, 0.2) is 35.1 Å². The van der Waals surface area contributed by atoms with Crippen LogP contribution in [0.25, 0.3) is 16.8 Å². The van der Waals surface area contributed by atoms with Crippen molar-refractivity contribution in [2.24, 2.45) is 0 Å². The third-order valence-electron chi connectivity index (χ3n) is 4.36. The van der Waals surface area contributed by atoms with E-state index >= 15 is 0 Å². The summed E-state index contributed by atoms with van der Waals surface area (Å²) in [4.78, 5) is 24.7. The summed E-state index contributed by atoms with van der Waals surface area (Å²) in [5.41, 5.74) is 1.58. The average Bonchev–Trinajstić information content (AvgIpc) is 3.32. The van der Waals surface area contributed by atoms with E-state index in [0.29, 0.717) is 17.0 Å². The minimum Gasteiger partial charge on any atom is -0.497 e. The maximum atomic E-state index is 12.7. The smallest absolute Gasteiger partial charge is 0.293 e.